The first kappa shape index (κ1) is 21.7. The summed E-state index contributed by atoms with van der Waals surface area (Å²) in [6, 6.07) is 6.95. The Morgan fingerprint density at radius 2 is 1.04 bits per heavy atom. The summed E-state index contributed by atoms with van der Waals surface area (Å²) in [7, 11) is 3.20. The van der Waals surface area contributed by atoms with Gasteiger partial charge in [-0.2, -0.15) is 10.5 Å². The predicted molar refractivity (Wildman–Crippen MR) is 92.3 cm³/mol. The molecule has 0 spiro atoms. The van der Waals surface area contributed by atoms with Gasteiger partial charge in [0.2, 0.25) is 0 Å². The topological polar surface area (TPSA) is 103 Å². The molecule has 0 radical (unpaired) electrons. The monoisotopic (exact) mass is 364 g/mol. The lowest BCUT2D eigenvalue weighted by Crippen LogP contribution is -2.13. The fourth-order valence-electron chi connectivity index (χ4n) is 1.88. The summed E-state index contributed by atoms with van der Waals surface area (Å²) < 4.78 is 31.7. The van der Waals surface area contributed by atoms with Gasteiger partial charge in [0, 0.05) is 26.4 Å². The summed E-state index contributed by atoms with van der Waals surface area (Å²) in [5.74, 6) is 0.764. The summed E-state index contributed by atoms with van der Waals surface area (Å²) in [4.78, 5) is 0. The molecule has 0 unspecified atom stereocenters. The second-order valence-corrected chi connectivity index (χ2v) is 4.98. The van der Waals surface area contributed by atoms with Crippen LogP contribution in [0.25, 0.3) is 0 Å². The van der Waals surface area contributed by atoms with E-state index in [0.29, 0.717) is 51.1 Å². The van der Waals surface area contributed by atoms with Crippen LogP contribution in [0.2, 0.25) is 0 Å². The zero-order valence-electron chi connectivity index (χ0n) is 15.2. The summed E-state index contributed by atoms with van der Waals surface area (Å²) in [6.07, 6.45) is 0. The molecule has 0 aliphatic heterocycles. The van der Waals surface area contributed by atoms with Gasteiger partial charge in [0.1, 0.15) is 25.4 Å². The number of rotatable bonds is 14. The van der Waals surface area contributed by atoms with Crippen LogP contribution in [0, 0.1) is 22.7 Å². The van der Waals surface area contributed by atoms with Crippen molar-refractivity contribution in [2.24, 2.45) is 0 Å². The number of ether oxygens (including phenoxy) is 6. The lowest BCUT2D eigenvalue weighted by atomic mass is 10.1. The highest BCUT2D eigenvalue weighted by molar-refractivity contribution is 5.56. The first-order chi connectivity index (χ1) is 12.8. The molecular weight excluding hydrogens is 340 g/mol. The van der Waals surface area contributed by atoms with Gasteiger partial charge in [-0.25, -0.2) is 0 Å². The third kappa shape index (κ3) is 8.15. The third-order valence-electron chi connectivity index (χ3n) is 3.16. The summed E-state index contributed by atoms with van der Waals surface area (Å²) >= 11 is 0. The van der Waals surface area contributed by atoms with Crippen molar-refractivity contribution in [2.45, 2.75) is 0 Å². The van der Waals surface area contributed by atoms with Gasteiger partial charge >= 0.3 is 0 Å². The highest BCUT2D eigenvalue weighted by Gasteiger charge is 2.12. The third-order valence-corrected chi connectivity index (χ3v) is 3.16. The van der Waals surface area contributed by atoms with E-state index >= 15 is 0 Å². The van der Waals surface area contributed by atoms with Crippen LogP contribution >= 0.6 is 0 Å². The molecular formula is C18H24N2O6. The van der Waals surface area contributed by atoms with E-state index in [1.165, 1.54) is 12.1 Å². The number of hydrogen-bond donors (Lipinski definition) is 0. The first-order valence-electron chi connectivity index (χ1n) is 8.14. The van der Waals surface area contributed by atoms with Crippen molar-refractivity contribution < 1.29 is 28.4 Å². The molecule has 0 heterocycles. The molecule has 0 aromatic heterocycles. The predicted octanol–water partition coefficient (Wildman–Crippen LogP) is 1.51. The zero-order chi connectivity index (χ0) is 19.0. The van der Waals surface area contributed by atoms with E-state index in [-0.39, 0.29) is 24.3 Å². The smallest absolute Gasteiger partial charge is 0.162 e. The minimum atomic E-state index is 0.228. The van der Waals surface area contributed by atoms with Crippen molar-refractivity contribution in [1.29, 1.82) is 10.5 Å². The maximum atomic E-state index is 9.16. The minimum Gasteiger partial charge on any atom is -0.487 e. The van der Waals surface area contributed by atoms with Crippen LogP contribution in [0.5, 0.6) is 11.5 Å². The van der Waals surface area contributed by atoms with Gasteiger partial charge in [-0.3, -0.25) is 0 Å². The lowest BCUT2D eigenvalue weighted by molar-refractivity contribution is 0.0498. The Labute approximate surface area is 153 Å². The van der Waals surface area contributed by atoms with Gasteiger partial charge in [0.05, 0.1) is 50.8 Å². The average Bonchev–Trinajstić information content (AvgIpc) is 2.67. The molecule has 0 aliphatic carbocycles. The van der Waals surface area contributed by atoms with E-state index in [2.05, 4.69) is 0 Å². The van der Waals surface area contributed by atoms with E-state index < -0.39 is 0 Å². The zero-order valence-corrected chi connectivity index (χ0v) is 15.2. The van der Waals surface area contributed by atoms with Crippen LogP contribution in [-0.2, 0) is 18.9 Å². The SMILES string of the molecule is COCCOCCOc1cc(C#N)c(C#N)cc1OCCOCCOC. The Morgan fingerprint density at radius 3 is 1.38 bits per heavy atom. The Kier molecular flexibility index (Phi) is 11.6. The van der Waals surface area contributed by atoms with Gasteiger partial charge in [0.15, 0.2) is 11.5 Å². The molecule has 8 heteroatoms. The van der Waals surface area contributed by atoms with E-state index in [1.54, 1.807) is 14.2 Å². The van der Waals surface area contributed by atoms with E-state index in [1.807, 2.05) is 12.1 Å². The molecule has 1 aromatic carbocycles. The molecule has 0 atom stereocenters. The molecule has 0 aliphatic rings. The second-order valence-electron chi connectivity index (χ2n) is 4.98. The average molecular weight is 364 g/mol. The molecule has 1 aromatic rings. The number of nitriles is 2. The molecule has 0 saturated carbocycles. The van der Waals surface area contributed by atoms with Crippen molar-refractivity contribution in [3.05, 3.63) is 23.3 Å². The minimum absolute atomic E-state index is 0.228. The van der Waals surface area contributed by atoms with Crippen molar-refractivity contribution in [1.82, 2.24) is 0 Å². The van der Waals surface area contributed by atoms with Crippen LogP contribution in [-0.4, -0.2) is 67.1 Å². The number of benzene rings is 1. The first-order valence-corrected chi connectivity index (χ1v) is 8.14. The number of hydrogen-bond acceptors (Lipinski definition) is 8. The Morgan fingerprint density at radius 1 is 0.654 bits per heavy atom. The Hall–Kier alpha value is -2.36. The van der Waals surface area contributed by atoms with Gasteiger partial charge in [-0.05, 0) is 0 Å². The molecule has 0 amide bonds. The Bertz CT molecular complexity index is 556. The van der Waals surface area contributed by atoms with Crippen molar-refractivity contribution in [3.8, 4) is 23.6 Å². The molecule has 0 N–H and O–H groups in total. The van der Waals surface area contributed by atoms with Crippen LogP contribution in [0.1, 0.15) is 11.1 Å². The maximum absolute atomic E-state index is 9.16. The lowest BCUT2D eigenvalue weighted by Gasteiger charge is -2.14. The number of methoxy groups -OCH3 is 2. The van der Waals surface area contributed by atoms with Crippen molar-refractivity contribution in [2.75, 3.05) is 67.1 Å². The fourth-order valence-corrected chi connectivity index (χ4v) is 1.88. The molecule has 0 saturated heterocycles. The van der Waals surface area contributed by atoms with E-state index in [9.17, 15) is 0 Å². The summed E-state index contributed by atoms with van der Waals surface area (Å²) in [5.41, 5.74) is 0.456. The van der Waals surface area contributed by atoms with Crippen molar-refractivity contribution in [3.63, 3.8) is 0 Å². The largest absolute Gasteiger partial charge is 0.487 e. The Balaban J connectivity index is 2.63. The fraction of sp³-hybridized carbons (Fsp3) is 0.556. The van der Waals surface area contributed by atoms with Gasteiger partial charge < -0.3 is 28.4 Å². The summed E-state index contributed by atoms with van der Waals surface area (Å²) in [5, 5.41) is 18.3. The summed E-state index contributed by atoms with van der Waals surface area (Å²) in [6.45, 7) is 3.25. The van der Waals surface area contributed by atoms with E-state index in [4.69, 9.17) is 38.9 Å². The van der Waals surface area contributed by atoms with Gasteiger partial charge in [0.25, 0.3) is 0 Å². The van der Waals surface area contributed by atoms with Crippen LogP contribution < -0.4 is 9.47 Å². The molecule has 26 heavy (non-hydrogen) atoms. The quantitative estimate of drug-likeness (QED) is 0.458. The molecule has 1 rings (SSSR count). The van der Waals surface area contributed by atoms with Gasteiger partial charge in [-0.1, -0.05) is 0 Å². The molecule has 142 valence electrons. The van der Waals surface area contributed by atoms with Crippen molar-refractivity contribution >= 4 is 0 Å². The van der Waals surface area contributed by atoms with Crippen LogP contribution in [0.15, 0.2) is 12.1 Å². The van der Waals surface area contributed by atoms with Crippen LogP contribution in [0.3, 0.4) is 0 Å². The standard InChI is InChI=1S/C18H24N2O6/c1-21-3-5-23-7-9-25-17-11-15(13-19)16(14-20)12-18(17)26-10-8-24-6-4-22-2/h11-12H,3-10H2,1-2H3. The van der Waals surface area contributed by atoms with Crippen LogP contribution in [0.4, 0.5) is 0 Å². The highest BCUT2D eigenvalue weighted by Crippen LogP contribution is 2.30. The highest BCUT2D eigenvalue weighted by atomic mass is 16.6. The molecule has 8 nitrogen and oxygen atoms in total. The normalized spacial score (nSPS) is 10.2. The number of nitrogens with zero attached hydrogens (tertiary/aromatic N) is 2. The maximum Gasteiger partial charge on any atom is 0.162 e. The van der Waals surface area contributed by atoms with Gasteiger partial charge in [-0.15, -0.1) is 0 Å². The second kappa shape index (κ2) is 13.9. The molecule has 0 bridgehead atoms. The molecule has 0 fully saturated rings. The van der Waals surface area contributed by atoms with E-state index in [0.717, 1.165) is 0 Å².